The molecule has 6 aromatic rings. The lowest BCUT2D eigenvalue weighted by Crippen LogP contribution is -2.00. The first-order valence-corrected chi connectivity index (χ1v) is 11.0. The molecule has 2 heterocycles. The number of fused-ring (bicyclic) bond motifs is 3. The van der Waals surface area contributed by atoms with Crippen molar-refractivity contribution in [3.8, 4) is 34.2 Å². The van der Waals surface area contributed by atoms with E-state index in [2.05, 4.69) is 28.1 Å². The van der Waals surface area contributed by atoms with Gasteiger partial charge in [0.05, 0.1) is 5.56 Å². The van der Waals surface area contributed by atoms with Crippen LogP contribution < -0.4 is 0 Å². The van der Waals surface area contributed by atoms with Crippen LogP contribution in [0.3, 0.4) is 0 Å². The number of halogens is 1. The molecule has 0 atom stereocenters. The van der Waals surface area contributed by atoms with E-state index in [4.69, 9.17) is 19.4 Å². The van der Waals surface area contributed by atoms with E-state index in [1.807, 2.05) is 84.9 Å². The molecule has 0 spiro atoms. The maximum atomic E-state index is 6.26. The zero-order chi connectivity index (χ0) is 21.5. The molecule has 4 nitrogen and oxygen atoms in total. The molecule has 0 fully saturated rings. The van der Waals surface area contributed by atoms with Gasteiger partial charge in [0.1, 0.15) is 11.2 Å². The quantitative estimate of drug-likeness (QED) is 0.264. The summed E-state index contributed by atoms with van der Waals surface area (Å²) in [7, 11) is 0. The molecule has 6 rings (SSSR count). The van der Waals surface area contributed by atoms with E-state index in [0.717, 1.165) is 43.1 Å². The van der Waals surface area contributed by atoms with Crippen molar-refractivity contribution in [2.75, 3.05) is 0 Å². The second kappa shape index (κ2) is 7.70. The molecule has 0 aliphatic heterocycles. The Hall–Kier alpha value is -3.83. The van der Waals surface area contributed by atoms with Crippen molar-refractivity contribution >= 4 is 37.9 Å². The summed E-state index contributed by atoms with van der Waals surface area (Å²) < 4.78 is 7.20. The summed E-state index contributed by atoms with van der Waals surface area (Å²) in [6.07, 6.45) is 0. The maximum absolute atomic E-state index is 6.26. The first kappa shape index (κ1) is 18.9. The van der Waals surface area contributed by atoms with Crippen LogP contribution in [0.2, 0.25) is 0 Å². The van der Waals surface area contributed by atoms with Crippen molar-refractivity contribution in [1.29, 1.82) is 0 Å². The highest BCUT2D eigenvalue weighted by atomic mass is 79.9. The molecule has 0 aliphatic carbocycles. The van der Waals surface area contributed by atoms with Crippen molar-refractivity contribution in [2.45, 2.75) is 0 Å². The summed E-state index contributed by atoms with van der Waals surface area (Å²) in [5, 5.41) is 2.08. The maximum Gasteiger partial charge on any atom is 0.167 e. The Morgan fingerprint density at radius 1 is 0.562 bits per heavy atom. The molecule has 4 aromatic carbocycles. The van der Waals surface area contributed by atoms with E-state index in [1.165, 1.54) is 0 Å². The number of para-hydroxylation sites is 1. The molecular weight excluding hydrogens is 462 g/mol. The number of rotatable bonds is 3. The van der Waals surface area contributed by atoms with E-state index in [-0.39, 0.29) is 0 Å². The number of hydrogen-bond donors (Lipinski definition) is 0. The molecule has 0 N–H and O–H groups in total. The van der Waals surface area contributed by atoms with Gasteiger partial charge < -0.3 is 4.42 Å². The third-order valence-corrected chi connectivity index (χ3v) is 5.84. The van der Waals surface area contributed by atoms with Gasteiger partial charge in [-0.3, -0.25) is 0 Å². The smallest absolute Gasteiger partial charge is 0.167 e. The molecule has 0 saturated carbocycles. The number of hydrogen-bond acceptors (Lipinski definition) is 4. The van der Waals surface area contributed by atoms with Gasteiger partial charge in [0.2, 0.25) is 0 Å². The van der Waals surface area contributed by atoms with Crippen molar-refractivity contribution in [3.63, 3.8) is 0 Å². The molecule has 152 valence electrons. The van der Waals surface area contributed by atoms with Crippen LogP contribution in [0.4, 0.5) is 0 Å². The Bertz CT molecular complexity index is 1520. The molecule has 0 bridgehead atoms. The highest BCUT2D eigenvalue weighted by Gasteiger charge is 2.18. The van der Waals surface area contributed by atoms with Gasteiger partial charge in [0, 0.05) is 26.4 Å². The lowest BCUT2D eigenvalue weighted by atomic mass is 10.1. The lowest BCUT2D eigenvalue weighted by molar-refractivity contribution is 0.669. The molecule has 0 aliphatic rings. The Labute approximate surface area is 192 Å². The minimum Gasteiger partial charge on any atom is -0.455 e. The van der Waals surface area contributed by atoms with E-state index in [0.29, 0.717) is 17.5 Å². The van der Waals surface area contributed by atoms with Crippen molar-refractivity contribution in [1.82, 2.24) is 15.0 Å². The molecule has 0 radical (unpaired) electrons. The average molecular weight is 478 g/mol. The highest BCUT2D eigenvalue weighted by Crippen LogP contribution is 2.38. The van der Waals surface area contributed by atoms with Crippen LogP contribution in [0.25, 0.3) is 56.1 Å². The van der Waals surface area contributed by atoms with Gasteiger partial charge in [-0.1, -0.05) is 94.8 Å². The summed E-state index contributed by atoms with van der Waals surface area (Å²) in [4.78, 5) is 14.5. The third-order valence-electron chi connectivity index (χ3n) is 5.38. The molecule has 0 amide bonds. The number of nitrogens with zero attached hydrogens (tertiary/aromatic N) is 3. The number of benzene rings is 4. The van der Waals surface area contributed by atoms with Crippen LogP contribution in [0.5, 0.6) is 0 Å². The molecular formula is C27H16BrN3O. The van der Waals surface area contributed by atoms with Crippen molar-refractivity contribution < 1.29 is 4.42 Å². The van der Waals surface area contributed by atoms with Crippen LogP contribution in [0.1, 0.15) is 0 Å². The highest BCUT2D eigenvalue weighted by molar-refractivity contribution is 9.10. The van der Waals surface area contributed by atoms with Crippen LogP contribution in [-0.2, 0) is 0 Å². The van der Waals surface area contributed by atoms with E-state index >= 15 is 0 Å². The van der Waals surface area contributed by atoms with Crippen LogP contribution in [0.15, 0.2) is 106 Å². The first-order chi connectivity index (χ1) is 15.8. The van der Waals surface area contributed by atoms with Gasteiger partial charge in [-0.05, 0) is 18.2 Å². The lowest BCUT2D eigenvalue weighted by Gasteiger charge is -2.09. The predicted octanol–water partition coefficient (Wildman–Crippen LogP) is 7.53. The largest absolute Gasteiger partial charge is 0.455 e. The molecule has 32 heavy (non-hydrogen) atoms. The van der Waals surface area contributed by atoms with Crippen LogP contribution in [0, 0.1) is 0 Å². The Balaban J connectivity index is 1.66. The molecule has 5 heteroatoms. The monoisotopic (exact) mass is 477 g/mol. The average Bonchev–Trinajstić information content (AvgIpc) is 3.23. The third kappa shape index (κ3) is 3.27. The Morgan fingerprint density at radius 2 is 1.12 bits per heavy atom. The van der Waals surface area contributed by atoms with Crippen molar-refractivity contribution in [3.05, 3.63) is 102 Å². The minimum atomic E-state index is 0.572. The molecule has 0 saturated heterocycles. The minimum absolute atomic E-state index is 0.572. The number of furan rings is 1. The second-order valence-corrected chi connectivity index (χ2v) is 8.38. The summed E-state index contributed by atoms with van der Waals surface area (Å²) in [5.41, 5.74) is 4.29. The van der Waals surface area contributed by atoms with Gasteiger partial charge >= 0.3 is 0 Å². The van der Waals surface area contributed by atoms with Gasteiger partial charge in [0.25, 0.3) is 0 Å². The van der Waals surface area contributed by atoms with Gasteiger partial charge in [-0.15, -0.1) is 0 Å². The van der Waals surface area contributed by atoms with Gasteiger partial charge in [-0.2, -0.15) is 0 Å². The molecule has 0 unspecified atom stereocenters. The number of aromatic nitrogens is 3. The second-order valence-electron chi connectivity index (χ2n) is 7.47. The van der Waals surface area contributed by atoms with Gasteiger partial charge in [-0.25, -0.2) is 15.0 Å². The zero-order valence-electron chi connectivity index (χ0n) is 16.9. The first-order valence-electron chi connectivity index (χ1n) is 10.2. The standard InChI is InChI=1S/C27H16BrN3O/c28-19-15-21-20-13-7-8-14-23(20)32-24(21)22(16-19)27-30-25(17-9-3-1-4-10-17)29-26(31-27)18-11-5-2-6-12-18/h1-16H. The van der Waals surface area contributed by atoms with Gasteiger partial charge in [0.15, 0.2) is 17.5 Å². The van der Waals surface area contributed by atoms with E-state index in [9.17, 15) is 0 Å². The SMILES string of the molecule is Brc1cc(-c2nc(-c3ccccc3)nc(-c3ccccc3)n2)c2oc3ccccc3c2c1. The van der Waals surface area contributed by atoms with Crippen molar-refractivity contribution in [2.24, 2.45) is 0 Å². The summed E-state index contributed by atoms with van der Waals surface area (Å²) in [6, 6.07) is 32.0. The van der Waals surface area contributed by atoms with E-state index < -0.39 is 0 Å². The topological polar surface area (TPSA) is 51.8 Å². The molecule has 2 aromatic heterocycles. The predicted molar refractivity (Wildman–Crippen MR) is 131 cm³/mol. The normalized spacial score (nSPS) is 11.3. The fourth-order valence-electron chi connectivity index (χ4n) is 3.89. The summed E-state index contributed by atoms with van der Waals surface area (Å²) in [5.74, 6) is 1.82. The van der Waals surface area contributed by atoms with E-state index in [1.54, 1.807) is 0 Å². The van der Waals surface area contributed by atoms with Crippen LogP contribution in [-0.4, -0.2) is 15.0 Å². The van der Waals surface area contributed by atoms with Crippen LogP contribution >= 0.6 is 15.9 Å². The fraction of sp³-hybridized carbons (Fsp3) is 0. The zero-order valence-corrected chi connectivity index (χ0v) is 18.5. The Morgan fingerprint density at radius 3 is 1.78 bits per heavy atom. The summed E-state index contributed by atoms with van der Waals surface area (Å²) >= 11 is 3.67. The summed E-state index contributed by atoms with van der Waals surface area (Å²) in [6.45, 7) is 0. The fourth-order valence-corrected chi connectivity index (χ4v) is 4.34. The Kier molecular flexibility index (Phi) is 4.55.